The molecular weight excluding hydrogens is 238 g/mol. The molecule has 0 saturated heterocycles. The van der Waals surface area contributed by atoms with Gasteiger partial charge in [-0.3, -0.25) is 0 Å². The van der Waals surface area contributed by atoms with Crippen molar-refractivity contribution in [2.24, 2.45) is 0 Å². The van der Waals surface area contributed by atoms with Crippen molar-refractivity contribution < 1.29 is 0 Å². The quantitative estimate of drug-likeness (QED) is 0.839. The molecule has 6 heteroatoms. The van der Waals surface area contributed by atoms with Gasteiger partial charge in [0.15, 0.2) is 0 Å². The molecule has 0 fully saturated rings. The van der Waals surface area contributed by atoms with Crippen molar-refractivity contribution in [3.63, 3.8) is 0 Å². The topological polar surface area (TPSA) is 57.7 Å². The van der Waals surface area contributed by atoms with Gasteiger partial charge in [-0.2, -0.15) is 5.21 Å². The summed E-state index contributed by atoms with van der Waals surface area (Å²) in [7, 11) is 2.08. The van der Waals surface area contributed by atoms with Crippen molar-refractivity contribution in [2.45, 2.75) is 12.8 Å². The van der Waals surface area contributed by atoms with Gasteiger partial charge in [0, 0.05) is 29.9 Å². The van der Waals surface area contributed by atoms with Crippen LogP contribution in [0.15, 0.2) is 12.1 Å². The van der Waals surface area contributed by atoms with E-state index in [1.54, 1.807) is 0 Å². The van der Waals surface area contributed by atoms with E-state index in [1.165, 1.54) is 11.3 Å². The second-order valence-electron chi connectivity index (χ2n) is 4.21. The molecule has 0 radical (unpaired) electrons. The first-order chi connectivity index (χ1) is 8.25. The van der Waals surface area contributed by atoms with Crippen molar-refractivity contribution in [3.05, 3.63) is 22.7 Å². The average Bonchev–Trinajstić information content (AvgIpc) is 2.83. The van der Waals surface area contributed by atoms with E-state index in [1.807, 2.05) is 12.1 Å². The number of halogens is 1. The normalized spacial score (nSPS) is 14.8. The molecule has 3 rings (SSSR count). The molecule has 2 aromatic rings. The van der Waals surface area contributed by atoms with E-state index >= 15 is 0 Å². The lowest BCUT2D eigenvalue weighted by atomic mass is 9.96. The minimum absolute atomic E-state index is 0.610. The molecule has 1 aromatic heterocycles. The van der Waals surface area contributed by atoms with Crippen LogP contribution in [0.3, 0.4) is 0 Å². The van der Waals surface area contributed by atoms with Crippen LogP contribution >= 0.6 is 11.6 Å². The van der Waals surface area contributed by atoms with Crippen LogP contribution in [0.5, 0.6) is 0 Å². The smallest absolute Gasteiger partial charge is 0.205 e. The van der Waals surface area contributed by atoms with Crippen molar-refractivity contribution in [2.75, 3.05) is 18.5 Å². The summed E-state index contributed by atoms with van der Waals surface area (Å²) < 4.78 is 0. The Bertz CT molecular complexity index is 537. The highest BCUT2D eigenvalue weighted by Gasteiger charge is 2.20. The molecule has 2 heterocycles. The molecule has 1 N–H and O–H groups in total. The Morgan fingerprint density at radius 2 is 2.29 bits per heavy atom. The molecule has 88 valence electrons. The number of nitrogens with one attached hydrogen (secondary N) is 1. The summed E-state index contributed by atoms with van der Waals surface area (Å²) in [5.74, 6) is 0.610. The second kappa shape index (κ2) is 4.00. The lowest BCUT2D eigenvalue weighted by Gasteiger charge is -2.28. The summed E-state index contributed by atoms with van der Waals surface area (Å²) in [6, 6.07) is 3.91. The number of anilines is 1. The van der Waals surface area contributed by atoms with Crippen molar-refractivity contribution >= 4 is 17.3 Å². The van der Waals surface area contributed by atoms with Crippen LogP contribution in [0.1, 0.15) is 12.0 Å². The second-order valence-corrected chi connectivity index (χ2v) is 4.65. The summed E-state index contributed by atoms with van der Waals surface area (Å²) in [5.41, 5.74) is 3.40. The third-order valence-electron chi connectivity index (χ3n) is 3.11. The number of rotatable bonds is 1. The summed E-state index contributed by atoms with van der Waals surface area (Å²) in [6.45, 7) is 1.05. The van der Waals surface area contributed by atoms with Gasteiger partial charge in [0.25, 0.3) is 0 Å². The van der Waals surface area contributed by atoms with E-state index in [9.17, 15) is 0 Å². The van der Waals surface area contributed by atoms with Crippen LogP contribution in [-0.4, -0.2) is 34.2 Å². The first kappa shape index (κ1) is 10.5. The maximum Gasteiger partial charge on any atom is 0.205 e. The largest absolute Gasteiger partial charge is 0.374 e. The lowest BCUT2D eigenvalue weighted by Crippen LogP contribution is -2.25. The van der Waals surface area contributed by atoms with E-state index in [4.69, 9.17) is 11.6 Å². The zero-order valence-electron chi connectivity index (χ0n) is 9.44. The maximum atomic E-state index is 6.15. The fraction of sp³-hybridized carbons (Fsp3) is 0.364. The maximum absolute atomic E-state index is 6.15. The van der Waals surface area contributed by atoms with Crippen molar-refractivity contribution in [1.82, 2.24) is 20.6 Å². The predicted molar refractivity (Wildman–Crippen MR) is 66.2 cm³/mol. The SMILES string of the molecule is CN1CCCc2c(-c3nn[nH]n3)cc(Cl)cc21. The Hall–Kier alpha value is -1.62. The molecule has 0 saturated carbocycles. The van der Waals surface area contributed by atoms with E-state index in [0.29, 0.717) is 10.8 Å². The Morgan fingerprint density at radius 1 is 1.41 bits per heavy atom. The molecule has 0 spiro atoms. The van der Waals surface area contributed by atoms with Crippen LogP contribution in [0.4, 0.5) is 5.69 Å². The zero-order chi connectivity index (χ0) is 11.8. The molecule has 0 aliphatic carbocycles. The van der Waals surface area contributed by atoms with Gasteiger partial charge in [0.1, 0.15) is 0 Å². The minimum Gasteiger partial charge on any atom is -0.374 e. The standard InChI is InChI=1S/C11H12ClN5/c1-17-4-2-3-8-9(11-13-15-16-14-11)5-7(12)6-10(8)17/h5-6H,2-4H2,1H3,(H,13,14,15,16). The average molecular weight is 250 g/mol. The van der Waals surface area contributed by atoms with Crippen LogP contribution in [0.25, 0.3) is 11.4 Å². The summed E-state index contributed by atoms with van der Waals surface area (Å²) in [5, 5.41) is 14.9. The van der Waals surface area contributed by atoms with Crippen LogP contribution < -0.4 is 4.90 Å². The molecule has 0 amide bonds. The molecule has 1 aromatic carbocycles. The van der Waals surface area contributed by atoms with E-state index in [2.05, 4.69) is 32.6 Å². The number of tetrazole rings is 1. The van der Waals surface area contributed by atoms with Gasteiger partial charge < -0.3 is 4.90 Å². The van der Waals surface area contributed by atoms with E-state index in [0.717, 1.165) is 24.9 Å². The number of H-pyrrole nitrogens is 1. The Balaban J connectivity index is 2.21. The van der Waals surface area contributed by atoms with Crippen molar-refractivity contribution in [3.8, 4) is 11.4 Å². The number of fused-ring (bicyclic) bond motifs is 1. The van der Waals surface area contributed by atoms with Crippen LogP contribution in [0.2, 0.25) is 5.02 Å². The molecule has 17 heavy (non-hydrogen) atoms. The van der Waals surface area contributed by atoms with Crippen LogP contribution in [-0.2, 0) is 6.42 Å². The molecule has 0 unspecified atom stereocenters. The van der Waals surface area contributed by atoms with Gasteiger partial charge >= 0.3 is 0 Å². The Morgan fingerprint density at radius 3 is 3.06 bits per heavy atom. The van der Waals surface area contributed by atoms with Crippen LogP contribution in [0, 0.1) is 0 Å². The van der Waals surface area contributed by atoms with Gasteiger partial charge in [-0.05, 0) is 35.8 Å². The summed E-state index contributed by atoms with van der Waals surface area (Å²) >= 11 is 6.15. The molecule has 1 aliphatic heterocycles. The monoisotopic (exact) mass is 249 g/mol. The fourth-order valence-corrected chi connectivity index (χ4v) is 2.53. The molecular formula is C11H12ClN5. The third-order valence-corrected chi connectivity index (χ3v) is 3.33. The van der Waals surface area contributed by atoms with Gasteiger partial charge in [0.2, 0.25) is 5.82 Å². The van der Waals surface area contributed by atoms with Gasteiger partial charge in [-0.25, -0.2) is 0 Å². The zero-order valence-corrected chi connectivity index (χ0v) is 10.2. The highest BCUT2D eigenvalue weighted by atomic mass is 35.5. The van der Waals surface area contributed by atoms with Gasteiger partial charge in [0.05, 0.1) is 0 Å². The number of hydrogen-bond acceptors (Lipinski definition) is 4. The minimum atomic E-state index is 0.610. The number of hydrogen-bond donors (Lipinski definition) is 1. The lowest BCUT2D eigenvalue weighted by molar-refractivity contribution is 0.745. The third kappa shape index (κ3) is 1.76. The molecule has 1 aliphatic rings. The van der Waals surface area contributed by atoms with Gasteiger partial charge in [-0.15, -0.1) is 10.2 Å². The highest BCUT2D eigenvalue weighted by Crippen LogP contribution is 2.36. The molecule has 0 atom stereocenters. The predicted octanol–water partition coefficient (Wildman–Crippen LogP) is 1.90. The van der Waals surface area contributed by atoms with Crippen molar-refractivity contribution in [1.29, 1.82) is 0 Å². The first-order valence-corrected chi connectivity index (χ1v) is 5.91. The number of nitrogens with zero attached hydrogens (tertiary/aromatic N) is 4. The van der Waals surface area contributed by atoms with Gasteiger partial charge in [-0.1, -0.05) is 11.6 Å². The first-order valence-electron chi connectivity index (χ1n) is 5.53. The number of aromatic amines is 1. The van der Waals surface area contributed by atoms with E-state index < -0.39 is 0 Å². The fourth-order valence-electron chi connectivity index (χ4n) is 2.31. The summed E-state index contributed by atoms with van der Waals surface area (Å²) in [4.78, 5) is 2.22. The summed E-state index contributed by atoms with van der Waals surface area (Å²) in [6.07, 6.45) is 2.16. The molecule has 5 nitrogen and oxygen atoms in total. The number of aromatic nitrogens is 4. The van der Waals surface area contributed by atoms with E-state index in [-0.39, 0.29) is 0 Å². The molecule has 0 bridgehead atoms. The Labute approximate surface area is 104 Å². The Kier molecular flexibility index (Phi) is 2.48. The number of benzene rings is 1. The highest BCUT2D eigenvalue weighted by molar-refractivity contribution is 6.31.